The van der Waals surface area contributed by atoms with Crippen molar-refractivity contribution in [3.63, 3.8) is 0 Å². The highest BCUT2D eigenvalue weighted by Crippen LogP contribution is 2.38. The van der Waals surface area contributed by atoms with Crippen molar-refractivity contribution in [3.05, 3.63) is 0 Å². The summed E-state index contributed by atoms with van der Waals surface area (Å²) in [7, 11) is 0. The SMILES string of the molecule is CC(C)(C)OC(=O)N1CCN(c2nc(N3CCCC3)nc(N3CCCC3)c2O)CC1. The average molecular weight is 419 g/mol. The first-order valence-corrected chi connectivity index (χ1v) is 11.2. The maximum absolute atomic E-state index is 12.4. The zero-order valence-electron chi connectivity index (χ0n) is 18.4. The topological polar surface area (TPSA) is 85.3 Å². The van der Waals surface area contributed by atoms with Crippen LogP contribution in [-0.2, 0) is 4.74 Å². The zero-order valence-corrected chi connectivity index (χ0v) is 18.4. The number of carbonyl (C=O) groups is 1. The Balaban J connectivity index is 1.54. The summed E-state index contributed by atoms with van der Waals surface area (Å²) >= 11 is 0. The molecule has 9 heteroatoms. The molecule has 30 heavy (non-hydrogen) atoms. The van der Waals surface area contributed by atoms with Crippen LogP contribution in [0.4, 0.5) is 22.4 Å². The summed E-state index contributed by atoms with van der Waals surface area (Å²) in [6.07, 6.45) is 4.24. The van der Waals surface area contributed by atoms with E-state index in [-0.39, 0.29) is 11.8 Å². The van der Waals surface area contributed by atoms with Crippen LogP contribution in [0.25, 0.3) is 0 Å². The number of carbonyl (C=O) groups excluding carboxylic acids is 1. The average Bonchev–Trinajstić information content (AvgIpc) is 3.41. The largest absolute Gasteiger partial charge is 0.502 e. The highest BCUT2D eigenvalue weighted by molar-refractivity contribution is 5.70. The summed E-state index contributed by atoms with van der Waals surface area (Å²) in [5, 5.41) is 11.1. The molecular formula is C21H34N6O3. The fourth-order valence-electron chi connectivity index (χ4n) is 4.28. The Bertz CT molecular complexity index is 761. The molecule has 0 bridgehead atoms. The van der Waals surface area contributed by atoms with Gasteiger partial charge in [0.2, 0.25) is 11.7 Å². The van der Waals surface area contributed by atoms with Gasteiger partial charge < -0.3 is 29.4 Å². The van der Waals surface area contributed by atoms with Crippen LogP contribution in [0.3, 0.4) is 0 Å². The van der Waals surface area contributed by atoms with E-state index in [0.717, 1.165) is 51.9 Å². The van der Waals surface area contributed by atoms with Gasteiger partial charge in [-0.3, -0.25) is 0 Å². The van der Waals surface area contributed by atoms with Crippen LogP contribution < -0.4 is 14.7 Å². The van der Waals surface area contributed by atoms with Gasteiger partial charge in [-0.2, -0.15) is 9.97 Å². The highest BCUT2D eigenvalue weighted by Gasteiger charge is 2.31. The normalized spacial score (nSPS) is 20.2. The standard InChI is InChI=1S/C21H34N6O3/c1-21(2,3)30-20(29)27-14-12-25(13-15-27)18-16(28)17(24-8-4-5-9-24)22-19(23-18)26-10-6-7-11-26/h28H,4-15H2,1-3H3. The van der Waals surface area contributed by atoms with Crippen LogP contribution in [0.2, 0.25) is 0 Å². The molecule has 0 unspecified atom stereocenters. The van der Waals surface area contributed by atoms with Crippen molar-refractivity contribution >= 4 is 23.7 Å². The number of hydrogen-bond acceptors (Lipinski definition) is 8. The van der Waals surface area contributed by atoms with Crippen LogP contribution in [0.1, 0.15) is 46.5 Å². The lowest BCUT2D eigenvalue weighted by Gasteiger charge is -2.37. The minimum absolute atomic E-state index is 0.158. The molecule has 1 N–H and O–H groups in total. The number of aromatic hydroxyl groups is 1. The zero-order chi connectivity index (χ0) is 21.3. The van der Waals surface area contributed by atoms with E-state index in [9.17, 15) is 9.90 Å². The number of aromatic nitrogens is 2. The molecule has 1 aromatic heterocycles. The Hall–Kier alpha value is -2.45. The van der Waals surface area contributed by atoms with E-state index in [1.807, 2.05) is 20.8 Å². The van der Waals surface area contributed by atoms with Gasteiger partial charge in [0.15, 0.2) is 11.6 Å². The van der Waals surface area contributed by atoms with Crippen LogP contribution >= 0.6 is 0 Å². The van der Waals surface area contributed by atoms with Crippen molar-refractivity contribution in [2.45, 2.75) is 52.1 Å². The van der Waals surface area contributed by atoms with E-state index in [1.165, 1.54) is 0 Å². The molecular weight excluding hydrogens is 384 g/mol. The summed E-state index contributed by atoms with van der Waals surface area (Å²) in [5.41, 5.74) is -0.506. The molecule has 3 fully saturated rings. The van der Waals surface area contributed by atoms with E-state index < -0.39 is 5.60 Å². The van der Waals surface area contributed by atoms with E-state index >= 15 is 0 Å². The molecule has 0 aromatic carbocycles. The third-order valence-corrected chi connectivity index (χ3v) is 5.86. The Morgan fingerprint density at radius 2 is 1.27 bits per heavy atom. The van der Waals surface area contributed by atoms with E-state index in [2.05, 4.69) is 14.7 Å². The number of hydrogen-bond donors (Lipinski definition) is 1. The minimum Gasteiger partial charge on any atom is -0.502 e. The third kappa shape index (κ3) is 4.49. The van der Waals surface area contributed by atoms with Gasteiger partial charge in [-0.1, -0.05) is 0 Å². The summed E-state index contributed by atoms with van der Waals surface area (Å²) in [5.74, 6) is 2.09. The molecule has 166 valence electrons. The molecule has 3 aliphatic heterocycles. The lowest BCUT2D eigenvalue weighted by Crippen LogP contribution is -2.50. The molecule has 1 amide bonds. The lowest BCUT2D eigenvalue weighted by molar-refractivity contribution is 0.0240. The quantitative estimate of drug-likeness (QED) is 0.801. The summed E-state index contributed by atoms with van der Waals surface area (Å²) in [6.45, 7) is 11.6. The molecule has 0 aliphatic carbocycles. The van der Waals surface area contributed by atoms with Gasteiger partial charge in [0.25, 0.3) is 0 Å². The molecule has 9 nitrogen and oxygen atoms in total. The van der Waals surface area contributed by atoms with Crippen LogP contribution in [0, 0.1) is 0 Å². The van der Waals surface area contributed by atoms with Crippen LogP contribution in [-0.4, -0.2) is 84.0 Å². The maximum Gasteiger partial charge on any atom is 0.410 e. The molecule has 4 rings (SSSR count). The van der Waals surface area contributed by atoms with Crippen molar-refractivity contribution in [3.8, 4) is 5.75 Å². The van der Waals surface area contributed by atoms with E-state index in [4.69, 9.17) is 14.7 Å². The number of ether oxygens (including phenoxy) is 1. The summed E-state index contributed by atoms with van der Waals surface area (Å²) < 4.78 is 5.50. The molecule has 3 aliphatic rings. The Morgan fingerprint density at radius 3 is 1.77 bits per heavy atom. The van der Waals surface area contributed by atoms with Gasteiger partial charge in [-0.25, -0.2) is 4.79 Å². The summed E-state index contributed by atoms with van der Waals surface area (Å²) in [6, 6.07) is 0. The van der Waals surface area contributed by atoms with Gasteiger partial charge >= 0.3 is 6.09 Å². The first-order chi connectivity index (χ1) is 14.3. The maximum atomic E-state index is 12.4. The fourth-order valence-corrected chi connectivity index (χ4v) is 4.28. The number of rotatable bonds is 3. The van der Waals surface area contributed by atoms with E-state index in [0.29, 0.717) is 43.8 Å². The van der Waals surface area contributed by atoms with Crippen LogP contribution in [0.5, 0.6) is 5.75 Å². The predicted octanol–water partition coefficient (Wildman–Crippen LogP) is 2.44. The second kappa shape index (κ2) is 8.35. The van der Waals surface area contributed by atoms with Gasteiger partial charge in [0, 0.05) is 52.4 Å². The second-order valence-electron chi connectivity index (χ2n) is 9.36. The number of amides is 1. The monoisotopic (exact) mass is 418 g/mol. The van der Waals surface area contributed by atoms with Gasteiger partial charge in [-0.05, 0) is 46.5 Å². The van der Waals surface area contributed by atoms with Gasteiger partial charge in [-0.15, -0.1) is 0 Å². The number of piperazine rings is 1. The van der Waals surface area contributed by atoms with Gasteiger partial charge in [0.05, 0.1) is 0 Å². The molecule has 0 atom stereocenters. The van der Waals surface area contributed by atoms with Crippen molar-refractivity contribution in [2.75, 3.05) is 67.1 Å². The Morgan fingerprint density at radius 1 is 0.800 bits per heavy atom. The molecule has 0 spiro atoms. The third-order valence-electron chi connectivity index (χ3n) is 5.86. The van der Waals surface area contributed by atoms with Crippen molar-refractivity contribution in [1.82, 2.24) is 14.9 Å². The lowest BCUT2D eigenvalue weighted by atomic mass is 10.2. The number of anilines is 3. The molecule has 3 saturated heterocycles. The predicted molar refractivity (Wildman–Crippen MR) is 117 cm³/mol. The summed E-state index contributed by atoms with van der Waals surface area (Å²) in [4.78, 5) is 30.1. The molecule has 0 radical (unpaired) electrons. The fraction of sp³-hybridized carbons (Fsp3) is 0.762. The first-order valence-electron chi connectivity index (χ1n) is 11.2. The first kappa shape index (κ1) is 20.8. The van der Waals surface area contributed by atoms with E-state index in [1.54, 1.807) is 4.90 Å². The Kier molecular flexibility index (Phi) is 5.79. The van der Waals surface area contributed by atoms with Crippen LogP contribution in [0.15, 0.2) is 0 Å². The molecule has 1 aromatic rings. The van der Waals surface area contributed by atoms with Crippen molar-refractivity contribution < 1.29 is 14.6 Å². The Labute approximate surface area is 178 Å². The molecule has 0 saturated carbocycles. The smallest absolute Gasteiger partial charge is 0.410 e. The van der Waals surface area contributed by atoms with Gasteiger partial charge in [0.1, 0.15) is 5.60 Å². The molecule has 4 heterocycles. The van der Waals surface area contributed by atoms with Crippen molar-refractivity contribution in [1.29, 1.82) is 0 Å². The van der Waals surface area contributed by atoms with Crippen molar-refractivity contribution in [2.24, 2.45) is 0 Å². The second-order valence-corrected chi connectivity index (χ2v) is 9.36. The minimum atomic E-state index is -0.506. The number of nitrogens with zero attached hydrogens (tertiary/aromatic N) is 6. The highest BCUT2D eigenvalue weighted by atomic mass is 16.6.